The molecule has 3 rings (SSSR count). The molecule has 0 aromatic heterocycles. The Morgan fingerprint density at radius 2 is 1.96 bits per heavy atom. The SMILES string of the molecule is O=C(C=Cc1ccccc1[N+](=O)[O-])NCC1(c2cccc(Br)c2)CCOCC1. The number of nitro groups is 1. The van der Waals surface area contributed by atoms with Gasteiger partial charge in [-0.3, -0.25) is 14.9 Å². The van der Waals surface area contributed by atoms with Crippen LogP contribution in [0, 0.1) is 10.1 Å². The molecule has 0 atom stereocenters. The maximum Gasteiger partial charge on any atom is 0.276 e. The summed E-state index contributed by atoms with van der Waals surface area (Å²) in [6.45, 7) is 1.77. The number of nitrogens with one attached hydrogen (secondary N) is 1. The van der Waals surface area contributed by atoms with E-state index in [1.54, 1.807) is 18.2 Å². The minimum Gasteiger partial charge on any atom is -0.381 e. The first-order valence-electron chi connectivity index (χ1n) is 9.03. The van der Waals surface area contributed by atoms with E-state index in [0.29, 0.717) is 25.3 Å². The number of halogens is 1. The molecular formula is C21H21BrN2O4. The number of benzene rings is 2. The molecule has 2 aromatic rings. The fourth-order valence-corrected chi connectivity index (χ4v) is 3.82. The van der Waals surface area contributed by atoms with Gasteiger partial charge in [0.25, 0.3) is 5.69 Å². The topological polar surface area (TPSA) is 81.5 Å². The van der Waals surface area contributed by atoms with E-state index in [-0.39, 0.29) is 17.0 Å². The Morgan fingerprint density at radius 1 is 1.21 bits per heavy atom. The van der Waals surface area contributed by atoms with Gasteiger partial charge in [-0.25, -0.2) is 0 Å². The first kappa shape index (κ1) is 20.2. The molecule has 28 heavy (non-hydrogen) atoms. The minimum atomic E-state index is -0.456. The van der Waals surface area contributed by atoms with E-state index in [0.717, 1.165) is 22.9 Å². The zero-order chi connectivity index (χ0) is 20.0. The highest BCUT2D eigenvalue weighted by molar-refractivity contribution is 9.10. The molecule has 6 nitrogen and oxygen atoms in total. The first-order valence-corrected chi connectivity index (χ1v) is 9.83. The average molecular weight is 445 g/mol. The molecule has 7 heteroatoms. The molecule has 1 aliphatic rings. The Hall–Kier alpha value is -2.51. The molecule has 0 spiro atoms. The molecule has 0 bridgehead atoms. The molecular weight excluding hydrogens is 424 g/mol. The van der Waals surface area contributed by atoms with Gasteiger partial charge in [-0.1, -0.05) is 40.2 Å². The average Bonchev–Trinajstić information content (AvgIpc) is 2.71. The Morgan fingerprint density at radius 3 is 2.68 bits per heavy atom. The van der Waals surface area contributed by atoms with Crippen LogP contribution in [0.2, 0.25) is 0 Å². The lowest BCUT2D eigenvalue weighted by atomic mass is 9.74. The lowest BCUT2D eigenvalue weighted by Crippen LogP contribution is -2.44. The molecule has 0 saturated carbocycles. The van der Waals surface area contributed by atoms with Crippen LogP contribution in [0.3, 0.4) is 0 Å². The van der Waals surface area contributed by atoms with Crippen LogP contribution in [0.4, 0.5) is 5.69 Å². The van der Waals surface area contributed by atoms with Gasteiger partial charge in [0.2, 0.25) is 5.91 Å². The number of nitrogens with zero attached hydrogens (tertiary/aromatic N) is 1. The van der Waals surface area contributed by atoms with Crippen molar-refractivity contribution in [3.63, 3.8) is 0 Å². The Bertz CT molecular complexity index is 891. The third kappa shape index (κ3) is 4.85. The second-order valence-corrected chi connectivity index (χ2v) is 7.69. The van der Waals surface area contributed by atoms with Gasteiger partial charge in [-0.05, 0) is 42.7 Å². The van der Waals surface area contributed by atoms with Gasteiger partial charge >= 0.3 is 0 Å². The molecule has 0 aliphatic carbocycles. The van der Waals surface area contributed by atoms with Crippen LogP contribution < -0.4 is 5.32 Å². The summed E-state index contributed by atoms with van der Waals surface area (Å²) >= 11 is 3.52. The molecule has 1 N–H and O–H groups in total. The van der Waals surface area contributed by atoms with Gasteiger partial charge in [-0.15, -0.1) is 0 Å². The van der Waals surface area contributed by atoms with Gasteiger partial charge in [-0.2, -0.15) is 0 Å². The van der Waals surface area contributed by atoms with Gasteiger partial charge in [0.15, 0.2) is 0 Å². The van der Waals surface area contributed by atoms with E-state index in [4.69, 9.17) is 4.74 Å². The van der Waals surface area contributed by atoms with Crippen molar-refractivity contribution in [2.75, 3.05) is 19.8 Å². The van der Waals surface area contributed by atoms with E-state index in [2.05, 4.69) is 33.4 Å². The fourth-order valence-electron chi connectivity index (χ4n) is 3.42. The summed E-state index contributed by atoms with van der Waals surface area (Å²) in [5.41, 5.74) is 1.34. The number of rotatable bonds is 6. The van der Waals surface area contributed by atoms with Crippen LogP contribution in [-0.2, 0) is 14.9 Å². The zero-order valence-corrected chi connectivity index (χ0v) is 16.9. The second-order valence-electron chi connectivity index (χ2n) is 6.77. The summed E-state index contributed by atoms with van der Waals surface area (Å²) < 4.78 is 6.52. The number of para-hydroxylation sites is 1. The zero-order valence-electron chi connectivity index (χ0n) is 15.3. The van der Waals surface area contributed by atoms with Gasteiger partial charge in [0.1, 0.15) is 0 Å². The van der Waals surface area contributed by atoms with Crippen molar-refractivity contribution in [3.8, 4) is 0 Å². The van der Waals surface area contributed by atoms with Gasteiger partial charge in [0.05, 0.1) is 10.5 Å². The highest BCUT2D eigenvalue weighted by atomic mass is 79.9. The maximum absolute atomic E-state index is 12.4. The molecule has 1 amide bonds. The summed E-state index contributed by atoms with van der Waals surface area (Å²) in [6, 6.07) is 14.5. The Kier molecular flexibility index (Phi) is 6.59. The highest BCUT2D eigenvalue weighted by Crippen LogP contribution is 2.35. The van der Waals surface area contributed by atoms with E-state index in [1.807, 2.05) is 12.1 Å². The van der Waals surface area contributed by atoms with Crippen molar-refractivity contribution in [3.05, 3.63) is 80.3 Å². The standard InChI is InChI=1S/C21H21BrN2O4/c22-18-6-3-5-17(14-18)21(10-12-28-13-11-21)15-23-20(25)9-8-16-4-1-2-7-19(16)24(26)27/h1-9,14H,10-13,15H2,(H,23,25). The third-order valence-electron chi connectivity index (χ3n) is 5.04. The van der Waals surface area contributed by atoms with E-state index in [9.17, 15) is 14.9 Å². The van der Waals surface area contributed by atoms with Crippen LogP contribution in [-0.4, -0.2) is 30.6 Å². The lowest BCUT2D eigenvalue weighted by Gasteiger charge is -2.38. The van der Waals surface area contributed by atoms with E-state index in [1.165, 1.54) is 18.2 Å². The van der Waals surface area contributed by atoms with Crippen molar-refractivity contribution in [1.29, 1.82) is 0 Å². The normalized spacial score (nSPS) is 16.0. The quantitative estimate of drug-likeness (QED) is 0.410. The molecule has 0 radical (unpaired) electrons. The Balaban J connectivity index is 1.72. The molecule has 1 aliphatic heterocycles. The van der Waals surface area contributed by atoms with Crippen LogP contribution in [0.5, 0.6) is 0 Å². The molecule has 2 aromatic carbocycles. The number of carbonyl (C=O) groups is 1. The van der Waals surface area contributed by atoms with Gasteiger partial charge in [0, 0.05) is 41.8 Å². The number of amides is 1. The van der Waals surface area contributed by atoms with E-state index < -0.39 is 4.92 Å². The van der Waals surface area contributed by atoms with Gasteiger partial charge < -0.3 is 10.1 Å². The van der Waals surface area contributed by atoms with Crippen molar-refractivity contribution in [2.24, 2.45) is 0 Å². The molecule has 146 valence electrons. The fraction of sp³-hybridized carbons (Fsp3) is 0.286. The minimum absolute atomic E-state index is 0.0263. The molecule has 1 heterocycles. The van der Waals surface area contributed by atoms with Crippen LogP contribution in [0.1, 0.15) is 24.0 Å². The third-order valence-corrected chi connectivity index (χ3v) is 5.53. The van der Waals surface area contributed by atoms with Crippen LogP contribution in [0.25, 0.3) is 6.08 Å². The van der Waals surface area contributed by atoms with Crippen molar-refractivity contribution in [2.45, 2.75) is 18.3 Å². The monoisotopic (exact) mass is 444 g/mol. The summed E-state index contributed by atoms with van der Waals surface area (Å²) in [4.78, 5) is 23.0. The van der Waals surface area contributed by atoms with Crippen molar-refractivity contribution >= 4 is 33.6 Å². The summed E-state index contributed by atoms with van der Waals surface area (Å²) in [7, 11) is 0. The second kappa shape index (κ2) is 9.12. The lowest BCUT2D eigenvalue weighted by molar-refractivity contribution is -0.385. The summed E-state index contributed by atoms with van der Waals surface area (Å²) in [6.07, 6.45) is 4.45. The predicted molar refractivity (Wildman–Crippen MR) is 111 cm³/mol. The first-order chi connectivity index (χ1) is 13.5. The largest absolute Gasteiger partial charge is 0.381 e. The van der Waals surface area contributed by atoms with E-state index >= 15 is 0 Å². The smallest absolute Gasteiger partial charge is 0.276 e. The number of nitro benzene ring substituents is 1. The van der Waals surface area contributed by atoms with Crippen molar-refractivity contribution in [1.82, 2.24) is 5.32 Å². The summed E-state index contributed by atoms with van der Waals surface area (Å²) in [5.74, 6) is -0.279. The molecule has 1 saturated heterocycles. The summed E-state index contributed by atoms with van der Waals surface area (Å²) in [5, 5.41) is 14.0. The predicted octanol–water partition coefficient (Wildman–Crippen LogP) is 4.24. The number of carbonyl (C=O) groups excluding carboxylic acids is 1. The maximum atomic E-state index is 12.4. The van der Waals surface area contributed by atoms with Crippen LogP contribution >= 0.6 is 15.9 Å². The Labute approximate surface area is 171 Å². The molecule has 1 fully saturated rings. The van der Waals surface area contributed by atoms with Crippen LogP contribution in [0.15, 0.2) is 59.1 Å². The highest BCUT2D eigenvalue weighted by Gasteiger charge is 2.34. The number of hydrogen-bond acceptors (Lipinski definition) is 4. The number of hydrogen-bond donors (Lipinski definition) is 1. The van der Waals surface area contributed by atoms with Crippen molar-refractivity contribution < 1.29 is 14.5 Å². The number of ether oxygens (including phenoxy) is 1. The molecule has 0 unspecified atom stereocenters.